The molecule has 20 heavy (non-hydrogen) atoms. The van der Waals surface area contributed by atoms with Crippen molar-refractivity contribution >= 4 is 23.0 Å². The molecule has 1 fully saturated rings. The number of benzene rings is 1. The predicted octanol–water partition coefficient (Wildman–Crippen LogP) is 3.80. The molecule has 3 nitrogen and oxygen atoms in total. The number of anilines is 2. The molecule has 0 spiro atoms. The van der Waals surface area contributed by atoms with Gasteiger partial charge in [0.2, 0.25) is 0 Å². The van der Waals surface area contributed by atoms with Gasteiger partial charge in [0.25, 0.3) is 0 Å². The zero-order valence-electron chi connectivity index (χ0n) is 10.9. The van der Waals surface area contributed by atoms with Gasteiger partial charge in [0.1, 0.15) is 5.82 Å². The molecule has 1 unspecified atom stereocenters. The normalized spacial score (nSPS) is 18.5. The van der Waals surface area contributed by atoms with E-state index < -0.39 is 5.82 Å². The average molecular weight is 292 g/mol. The second-order valence-corrected chi connectivity index (χ2v) is 5.36. The van der Waals surface area contributed by atoms with Gasteiger partial charge in [-0.3, -0.25) is 4.98 Å². The van der Waals surface area contributed by atoms with Gasteiger partial charge in [-0.1, -0.05) is 11.6 Å². The molecule has 1 aromatic heterocycles. The molecule has 104 valence electrons. The fourth-order valence-corrected chi connectivity index (χ4v) is 2.95. The quantitative estimate of drug-likeness (QED) is 0.856. The van der Waals surface area contributed by atoms with Gasteiger partial charge in [-0.2, -0.15) is 0 Å². The van der Waals surface area contributed by atoms with E-state index in [2.05, 4.69) is 9.88 Å². The van der Waals surface area contributed by atoms with Crippen molar-refractivity contribution in [3.63, 3.8) is 0 Å². The Morgan fingerprint density at radius 1 is 1.30 bits per heavy atom. The van der Waals surface area contributed by atoms with Crippen LogP contribution in [0.2, 0.25) is 5.02 Å². The van der Waals surface area contributed by atoms with Crippen molar-refractivity contribution in [1.82, 2.24) is 4.98 Å². The van der Waals surface area contributed by atoms with E-state index in [1.807, 2.05) is 12.1 Å². The van der Waals surface area contributed by atoms with Gasteiger partial charge >= 0.3 is 0 Å². The lowest BCUT2D eigenvalue weighted by Crippen LogP contribution is -2.23. The molecule has 1 saturated heterocycles. The van der Waals surface area contributed by atoms with Gasteiger partial charge in [0, 0.05) is 25.0 Å². The van der Waals surface area contributed by atoms with Crippen LogP contribution in [-0.4, -0.2) is 11.5 Å². The van der Waals surface area contributed by atoms with Crippen LogP contribution < -0.4 is 10.6 Å². The van der Waals surface area contributed by atoms with Crippen LogP contribution in [0.3, 0.4) is 0 Å². The lowest BCUT2D eigenvalue weighted by atomic mass is 10.1. The van der Waals surface area contributed by atoms with Crippen LogP contribution in [-0.2, 0) is 0 Å². The third kappa shape index (κ3) is 2.31. The van der Waals surface area contributed by atoms with Gasteiger partial charge in [-0.25, -0.2) is 4.39 Å². The summed E-state index contributed by atoms with van der Waals surface area (Å²) < 4.78 is 13.4. The zero-order valence-corrected chi connectivity index (χ0v) is 11.6. The van der Waals surface area contributed by atoms with Crippen molar-refractivity contribution in [3.8, 4) is 0 Å². The molecular formula is C15H15ClFN3. The zero-order chi connectivity index (χ0) is 14.1. The first-order valence-corrected chi connectivity index (χ1v) is 6.95. The van der Waals surface area contributed by atoms with E-state index in [0.29, 0.717) is 5.69 Å². The van der Waals surface area contributed by atoms with Gasteiger partial charge in [0.15, 0.2) is 0 Å². The van der Waals surface area contributed by atoms with Crippen molar-refractivity contribution in [2.45, 2.75) is 18.9 Å². The monoisotopic (exact) mass is 291 g/mol. The summed E-state index contributed by atoms with van der Waals surface area (Å²) in [7, 11) is 0. The number of nitrogens with zero attached hydrogens (tertiary/aromatic N) is 2. The standard InChI is InChI=1S/C15H15ClFN3/c16-11-8-15(13(18)9-12(11)17)20-7-1-2-14(20)10-3-5-19-6-4-10/h3-6,8-9,14H,1-2,7,18H2. The number of nitrogen functional groups attached to an aromatic ring is 1. The fourth-order valence-electron chi connectivity index (χ4n) is 2.79. The highest BCUT2D eigenvalue weighted by molar-refractivity contribution is 6.31. The average Bonchev–Trinajstić information content (AvgIpc) is 2.93. The summed E-state index contributed by atoms with van der Waals surface area (Å²) in [5.74, 6) is -0.479. The third-order valence-electron chi connectivity index (χ3n) is 3.72. The molecule has 0 amide bonds. The number of rotatable bonds is 2. The first-order chi connectivity index (χ1) is 9.66. The maximum atomic E-state index is 13.4. The maximum Gasteiger partial charge on any atom is 0.143 e. The van der Waals surface area contributed by atoms with Crippen LogP contribution in [0, 0.1) is 5.82 Å². The number of hydrogen-bond donors (Lipinski definition) is 1. The van der Waals surface area contributed by atoms with E-state index >= 15 is 0 Å². The molecule has 1 atom stereocenters. The topological polar surface area (TPSA) is 42.1 Å². The highest BCUT2D eigenvalue weighted by Gasteiger charge is 2.28. The number of nitrogens with two attached hydrogens (primary N) is 1. The summed E-state index contributed by atoms with van der Waals surface area (Å²) in [6, 6.07) is 7.15. The van der Waals surface area contributed by atoms with Crippen LogP contribution in [0.15, 0.2) is 36.7 Å². The summed E-state index contributed by atoms with van der Waals surface area (Å²) in [5, 5.41) is 0.106. The Kier molecular flexibility index (Phi) is 3.49. The summed E-state index contributed by atoms with van der Waals surface area (Å²) in [6.45, 7) is 0.888. The Labute approximate surface area is 122 Å². The predicted molar refractivity (Wildman–Crippen MR) is 79.4 cm³/mol. The van der Waals surface area contributed by atoms with Crippen molar-refractivity contribution in [2.75, 3.05) is 17.2 Å². The Balaban J connectivity index is 1.99. The largest absolute Gasteiger partial charge is 0.397 e. The van der Waals surface area contributed by atoms with Gasteiger partial charge in [-0.05, 0) is 36.6 Å². The Morgan fingerprint density at radius 2 is 2.05 bits per heavy atom. The van der Waals surface area contributed by atoms with Gasteiger partial charge in [0.05, 0.1) is 22.4 Å². The fraction of sp³-hybridized carbons (Fsp3) is 0.267. The van der Waals surface area contributed by atoms with E-state index in [0.717, 1.165) is 25.1 Å². The number of hydrogen-bond acceptors (Lipinski definition) is 3. The van der Waals surface area contributed by atoms with E-state index in [9.17, 15) is 4.39 Å². The van der Waals surface area contributed by atoms with Crippen molar-refractivity contribution < 1.29 is 4.39 Å². The lowest BCUT2D eigenvalue weighted by Gasteiger charge is -2.28. The molecule has 1 aliphatic rings. The van der Waals surface area contributed by atoms with Gasteiger partial charge in [-0.15, -0.1) is 0 Å². The molecule has 0 radical (unpaired) electrons. The smallest absolute Gasteiger partial charge is 0.143 e. The molecule has 0 saturated carbocycles. The second-order valence-electron chi connectivity index (χ2n) is 4.96. The van der Waals surface area contributed by atoms with Crippen molar-refractivity contribution in [2.24, 2.45) is 0 Å². The molecule has 2 aromatic rings. The van der Waals surface area contributed by atoms with Crippen LogP contribution in [0.1, 0.15) is 24.4 Å². The summed E-state index contributed by atoms with van der Waals surface area (Å²) in [5.41, 5.74) is 8.38. The molecular weight excluding hydrogens is 277 g/mol. The highest BCUT2D eigenvalue weighted by Crippen LogP contribution is 2.40. The van der Waals surface area contributed by atoms with Crippen LogP contribution in [0.4, 0.5) is 15.8 Å². The van der Waals surface area contributed by atoms with Crippen molar-refractivity contribution in [3.05, 3.63) is 53.1 Å². The van der Waals surface area contributed by atoms with E-state index in [1.54, 1.807) is 18.5 Å². The molecule has 2 heterocycles. The first kappa shape index (κ1) is 13.2. The van der Waals surface area contributed by atoms with Crippen molar-refractivity contribution in [1.29, 1.82) is 0 Å². The third-order valence-corrected chi connectivity index (χ3v) is 4.01. The summed E-state index contributed by atoms with van der Waals surface area (Å²) in [6.07, 6.45) is 5.68. The van der Waals surface area contributed by atoms with E-state index in [1.165, 1.54) is 11.6 Å². The summed E-state index contributed by atoms with van der Waals surface area (Å²) in [4.78, 5) is 6.23. The van der Waals surface area contributed by atoms with Crippen LogP contribution in [0.25, 0.3) is 0 Å². The Bertz CT molecular complexity index is 618. The van der Waals surface area contributed by atoms with Crippen LogP contribution in [0.5, 0.6) is 0 Å². The maximum absolute atomic E-state index is 13.4. The number of pyridine rings is 1. The minimum atomic E-state index is -0.479. The van der Waals surface area contributed by atoms with Gasteiger partial charge < -0.3 is 10.6 Å². The molecule has 1 aliphatic heterocycles. The SMILES string of the molecule is Nc1cc(F)c(Cl)cc1N1CCCC1c1ccncc1. The van der Waals surface area contributed by atoms with E-state index in [-0.39, 0.29) is 11.1 Å². The first-order valence-electron chi connectivity index (χ1n) is 6.58. The minimum Gasteiger partial charge on any atom is -0.397 e. The lowest BCUT2D eigenvalue weighted by molar-refractivity contribution is 0.628. The molecule has 0 aliphatic carbocycles. The molecule has 2 N–H and O–H groups in total. The number of aromatic nitrogens is 1. The number of halogens is 2. The molecule has 5 heteroatoms. The summed E-state index contributed by atoms with van der Waals surface area (Å²) >= 11 is 5.89. The highest BCUT2D eigenvalue weighted by atomic mass is 35.5. The minimum absolute atomic E-state index is 0.106. The molecule has 3 rings (SSSR count). The Hall–Kier alpha value is -1.81. The molecule has 0 bridgehead atoms. The Morgan fingerprint density at radius 3 is 2.80 bits per heavy atom. The van der Waals surface area contributed by atoms with Crippen LogP contribution >= 0.6 is 11.6 Å². The second kappa shape index (κ2) is 5.29. The van der Waals surface area contributed by atoms with E-state index in [4.69, 9.17) is 17.3 Å². The molecule has 1 aromatic carbocycles.